The Bertz CT molecular complexity index is 858. The highest BCUT2D eigenvalue weighted by atomic mass is 32.2. The fraction of sp³-hybridized carbons (Fsp3) is 0.375. The molecule has 2 heterocycles. The van der Waals surface area contributed by atoms with Crippen molar-refractivity contribution in [2.24, 2.45) is 0 Å². The molecule has 24 heavy (non-hydrogen) atoms. The van der Waals surface area contributed by atoms with Crippen LogP contribution in [0.4, 0.5) is 0 Å². The summed E-state index contributed by atoms with van der Waals surface area (Å²) in [6.45, 7) is 3.72. The van der Waals surface area contributed by atoms with E-state index in [9.17, 15) is 18.3 Å². The van der Waals surface area contributed by atoms with Crippen LogP contribution in [0.1, 0.15) is 29.2 Å². The first kappa shape index (κ1) is 16.7. The molecule has 0 amide bonds. The summed E-state index contributed by atoms with van der Waals surface area (Å²) in [7, 11) is -3.91. The predicted octanol–water partition coefficient (Wildman–Crippen LogP) is 1.66. The smallest absolute Gasteiger partial charge is 0.322 e. The molecule has 1 aromatic heterocycles. The van der Waals surface area contributed by atoms with Crippen molar-refractivity contribution in [2.75, 3.05) is 6.54 Å². The van der Waals surface area contributed by atoms with Gasteiger partial charge in [0, 0.05) is 12.5 Å². The molecule has 0 radical (unpaired) electrons. The van der Waals surface area contributed by atoms with Crippen LogP contribution in [0.5, 0.6) is 0 Å². The van der Waals surface area contributed by atoms with Crippen molar-refractivity contribution < 1.29 is 18.3 Å². The van der Waals surface area contributed by atoms with Crippen LogP contribution in [0.2, 0.25) is 0 Å². The molecule has 1 fully saturated rings. The number of aliphatic carboxylic acids is 1. The molecule has 2 unspecified atom stereocenters. The van der Waals surface area contributed by atoms with Gasteiger partial charge in [0.05, 0.1) is 11.9 Å². The van der Waals surface area contributed by atoms with E-state index in [0.29, 0.717) is 12.1 Å². The Balaban J connectivity index is 2.00. The number of H-pyrrole nitrogens is 1. The first-order chi connectivity index (χ1) is 11.3. The molecule has 2 atom stereocenters. The number of carboxylic acids is 1. The molecule has 7 nitrogen and oxygen atoms in total. The molecule has 0 aliphatic carbocycles. The molecule has 1 saturated heterocycles. The van der Waals surface area contributed by atoms with Crippen molar-refractivity contribution in [3.8, 4) is 0 Å². The molecular weight excluding hydrogens is 330 g/mol. The Morgan fingerprint density at radius 1 is 1.29 bits per heavy atom. The van der Waals surface area contributed by atoms with E-state index in [1.807, 2.05) is 31.2 Å². The van der Waals surface area contributed by atoms with Gasteiger partial charge in [-0.2, -0.15) is 9.40 Å². The Hall–Kier alpha value is -2.19. The van der Waals surface area contributed by atoms with Gasteiger partial charge in [0.1, 0.15) is 10.9 Å². The molecule has 0 saturated carbocycles. The van der Waals surface area contributed by atoms with E-state index in [4.69, 9.17) is 0 Å². The minimum Gasteiger partial charge on any atom is -0.480 e. The molecule has 0 bridgehead atoms. The fourth-order valence-electron chi connectivity index (χ4n) is 3.22. The average molecular weight is 349 g/mol. The van der Waals surface area contributed by atoms with Crippen molar-refractivity contribution >= 4 is 16.0 Å². The molecule has 8 heteroatoms. The van der Waals surface area contributed by atoms with Crippen molar-refractivity contribution in [1.82, 2.24) is 14.5 Å². The van der Waals surface area contributed by atoms with Gasteiger partial charge in [-0.3, -0.25) is 9.89 Å². The van der Waals surface area contributed by atoms with Crippen LogP contribution in [0.3, 0.4) is 0 Å². The van der Waals surface area contributed by atoms with Gasteiger partial charge in [-0.1, -0.05) is 29.8 Å². The standard InChI is InChI=1S/C16H19N3O4S/c1-10-3-5-12(6-4-10)13-7-8-19(15(13)16(20)21)24(22,23)14-9-17-18-11(14)2/h3-6,9,13,15H,7-8H2,1-2H3,(H,17,18)(H,20,21). The molecule has 1 aliphatic rings. The number of carboxylic acid groups (broad SMARTS) is 1. The van der Waals surface area contributed by atoms with Gasteiger partial charge in [0.2, 0.25) is 10.0 Å². The Kier molecular flexibility index (Phi) is 4.18. The minimum atomic E-state index is -3.91. The third-order valence-electron chi connectivity index (χ3n) is 4.48. The second-order valence-electron chi connectivity index (χ2n) is 6.06. The van der Waals surface area contributed by atoms with E-state index >= 15 is 0 Å². The number of aryl methyl sites for hydroxylation is 2. The number of carbonyl (C=O) groups is 1. The molecule has 2 aromatic rings. The van der Waals surface area contributed by atoms with Gasteiger partial charge in [-0.15, -0.1) is 0 Å². The van der Waals surface area contributed by atoms with Crippen LogP contribution >= 0.6 is 0 Å². The number of aromatic nitrogens is 2. The van der Waals surface area contributed by atoms with Crippen LogP contribution < -0.4 is 0 Å². The van der Waals surface area contributed by atoms with Gasteiger partial charge in [-0.25, -0.2) is 8.42 Å². The summed E-state index contributed by atoms with van der Waals surface area (Å²) >= 11 is 0. The first-order valence-corrected chi connectivity index (χ1v) is 9.07. The number of sulfonamides is 1. The summed E-state index contributed by atoms with van der Waals surface area (Å²) in [6.07, 6.45) is 1.69. The summed E-state index contributed by atoms with van der Waals surface area (Å²) in [6, 6.07) is 6.44. The van der Waals surface area contributed by atoms with Gasteiger partial charge >= 0.3 is 5.97 Å². The summed E-state index contributed by atoms with van der Waals surface area (Å²) in [5, 5.41) is 16.0. The Labute approximate surface area is 140 Å². The maximum Gasteiger partial charge on any atom is 0.322 e. The van der Waals surface area contributed by atoms with Gasteiger partial charge < -0.3 is 5.11 Å². The van der Waals surface area contributed by atoms with Crippen LogP contribution in [0.15, 0.2) is 35.4 Å². The number of hydrogen-bond acceptors (Lipinski definition) is 4. The number of aromatic amines is 1. The quantitative estimate of drug-likeness (QED) is 0.874. The molecule has 0 spiro atoms. The monoisotopic (exact) mass is 349 g/mol. The van der Waals surface area contributed by atoms with Crippen molar-refractivity contribution in [3.05, 3.63) is 47.3 Å². The van der Waals surface area contributed by atoms with E-state index in [2.05, 4.69) is 10.2 Å². The lowest BCUT2D eigenvalue weighted by Gasteiger charge is -2.24. The summed E-state index contributed by atoms with van der Waals surface area (Å²) in [5.74, 6) is -1.51. The zero-order chi connectivity index (χ0) is 17.5. The number of benzene rings is 1. The molecule has 2 N–H and O–H groups in total. The van der Waals surface area contributed by atoms with Crippen molar-refractivity contribution in [2.45, 2.75) is 37.1 Å². The van der Waals surface area contributed by atoms with Crippen LogP contribution in [0, 0.1) is 13.8 Å². The van der Waals surface area contributed by atoms with Crippen LogP contribution in [0.25, 0.3) is 0 Å². The topological polar surface area (TPSA) is 103 Å². The highest BCUT2D eigenvalue weighted by Gasteiger charge is 2.47. The largest absolute Gasteiger partial charge is 0.480 e. The Morgan fingerprint density at radius 2 is 1.96 bits per heavy atom. The van der Waals surface area contributed by atoms with E-state index in [-0.39, 0.29) is 17.4 Å². The molecule has 128 valence electrons. The normalized spacial score (nSPS) is 21.9. The Morgan fingerprint density at radius 3 is 2.50 bits per heavy atom. The van der Waals surface area contributed by atoms with Crippen LogP contribution in [-0.4, -0.2) is 46.6 Å². The summed E-state index contributed by atoms with van der Waals surface area (Å²) in [5.41, 5.74) is 2.31. The average Bonchev–Trinajstić information content (AvgIpc) is 3.14. The zero-order valence-corrected chi connectivity index (χ0v) is 14.2. The molecule has 1 aliphatic heterocycles. The van der Waals surface area contributed by atoms with Gasteiger partial charge in [-0.05, 0) is 25.8 Å². The predicted molar refractivity (Wildman–Crippen MR) is 87.2 cm³/mol. The lowest BCUT2D eigenvalue weighted by atomic mass is 9.91. The number of hydrogen-bond donors (Lipinski definition) is 2. The SMILES string of the molecule is Cc1ccc(C2CCN(S(=O)(=O)c3cn[nH]c3C)C2C(=O)O)cc1. The minimum absolute atomic E-state index is 0.0262. The summed E-state index contributed by atoms with van der Waals surface area (Å²) in [4.78, 5) is 11.9. The molecule has 3 rings (SSSR count). The number of nitrogens with zero attached hydrogens (tertiary/aromatic N) is 2. The number of rotatable bonds is 4. The molecular formula is C16H19N3O4S. The second-order valence-corrected chi connectivity index (χ2v) is 7.92. The van der Waals surface area contributed by atoms with Crippen LogP contribution in [-0.2, 0) is 14.8 Å². The fourth-order valence-corrected chi connectivity index (χ4v) is 4.97. The van der Waals surface area contributed by atoms with Gasteiger partial charge in [0.15, 0.2) is 0 Å². The first-order valence-electron chi connectivity index (χ1n) is 7.63. The third-order valence-corrected chi connectivity index (χ3v) is 6.48. The third kappa shape index (κ3) is 2.71. The highest BCUT2D eigenvalue weighted by Crippen LogP contribution is 2.37. The van der Waals surface area contributed by atoms with E-state index < -0.39 is 22.0 Å². The van der Waals surface area contributed by atoms with E-state index in [1.165, 1.54) is 6.20 Å². The second kappa shape index (κ2) is 6.03. The lowest BCUT2D eigenvalue weighted by Crippen LogP contribution is -2.42. The zero-order valence-electron chi connectivity index (χ0n) is 13.4. The van der Waals surface area contributed by atoms with Crippen molar-refractivity contribution in [1.29, 1.82) is 0 Å². The number of nitrogens with one attached hydrogen (secondary N) is 1. The van der Waals surface area contributed by atoms with Gasteiger partial charge in [0.25, 0.3) is 0 Å². The maximum atomic E-state index is 12.9. The lowest BCUT2D eigenvalue weighted by molar-refractivity contribution is -0.141. The molecule has 1 aromatic carbocycles. The summed E-state index contributed by atoms with van der Waals surface area (Å²) < 4.78 is 26.8. The van der Waals surface area contributed by atoms with E-state index in [0.717, 1.165) is 15.4 Å². The van der Waals surface area contributed by atoms with E-state index in [1.54, 1.807) is 6.92 Å². The van der Waals surface area contributed by atoms with Crippen molar-refractivity contribution in [3.63, 3.8) is 0 Å². The maximum absolute atomic E-state index is 12.9. The highest BCUT2D eigenvalue weighted by molar-refractivity contribution is 7.89.